The molecular weight excluding hydrogens is 430 g/mol. The summed E-state index contributed by atoms with van der Waals surface area (Å²) in [4.78, 5) is 26.6. The highest BCUT2D eigenvalue weighted by molar-refractivity contribution is 9.10. The van der Waals surface area contributed by atoms with Crippen molar-refractivity contribution >= 4 is 44.9 Å². The Hall–Kier alpha value is -2.25. The molecule has 0 aliphatic carbocycles. The molecule has 3 rings (SSSR count). The van der Waals surface area contributed by atoms with Gasteiger partial charge < -0.3 is 9.47 Å². The van der Waals surface area contributed by atoms with E-state index in [4.69, 9.17) is 9.47 Å². The molecular formula is C20H18BrNO4S. The van der Waals surface area contributed by atoms with Gasteiger partial charge in [0.2, 0.25) is 0 Å². The van der Waals surface area contributed by atoms with Gasteiger partial charge in [-0.2, -0.15) is 0 Å². The van der Waals surface area contributed by atoms with E-state index < -0.39 is 0 Å². The largest absolute Gasteiger partial charge is 0.493 e. The Morgan fingerprint density at radius 2 is 1.85 bits per heavy atom. The van der Waals surface area contributed by atoms with E-state index in [2.05, 4.69) is 15.9 Å². The van der Waals surface area contributed by atoms with Crippen LogP contribution in [-0.2, 0) is 11.2 Å². The lowest BCUT2D eigenvalue weighted by atomic mass is 10.1. The number of benzene rings is 2. The molecule has 140 valence electrons. The van der Waals surface area contributed by atoms with Crippen LogP contribution in [0.1, 0.15) is 11.1 Å². The van der Waals surface area contributed by atoms with Crippen molar-refractivity contribution in [2.75, 3.05) is 20.8 Å². The third-order valence-corrected chi connectivity index (χ3v) is 5.59. The van der Waals surface area contributed by atoms with Gasteiger partial charge in [-0.25, -0.2) is 0 Å². The predicted octanol–water partition coefficient (Wildman–Crippen LogP) is 4.75. The van der Waals surface area contributed by atoms with Crippen molar-refractivity contribution in [1.82, 2.24) is 4.90 Å². The smallest absolute Gasteiger partial charge is 0.293 e. The highest BCUT2D eigenvalue weighted by atomic mass is 79.9. The molecule has 2 aromatic rings. The number of halogens is 1. The number of ether oxygens (including phenoxy) is 2. The lowest BCUT2D eigenvalue weighted by Crippen LogP contribution is -2.30. The number of carbonyl (C=O) groups is 2. The van der Waals surface area contributed by atoms with Gasteiger partial charge in [-0.05, 0) is 63.4 Å². The second-order valence-corrected chi connectivity index (χ2v) is 7.65. The molecule has 1 aliphatic rings. The number of hydrogen-bond donors (Lipinski definition) is 0. The molecule has 2 amide bonds. The SMILES string of the molecule is COc1cc(/C=C2\SC(=O)N(CCc3ccccc3)C2=O)cc(Br)c1OC. The van der Waals surface area contributed by atoms with Crippen LogP contribution in [0.25, 0.3) is 6.08 Å². The van der Waals surface area contributed by atoms with Crippen LogP contribution in [-0.4, -0.2) is 36.8 Å². The van der Waals surface area contributed by atoms with Gasteiger partial charge in [0.15, 0.2) is 11.5 Å². The molecule has 7 heteroatoms. The molecule has 0 bridgehead atoms. The third kappa shape index (κ3) is 4.36. The summed E-state index contributed by atoms with van der Waals surface area (Å²) in [6, 6.07) is 13.4. The molecule has 5 nitrogen and oxygen atoms in total. The van der Waals surface area contributed by atoms with Gasteiger partial charge in [-0.15, -0.1) is 0 Å². The molecule has 2 aromatic carbocycles. The second-order valence-electron chi connectivity index (χ2n) is 5.81. The van der Waals surface area contributed by atoms with E-state index in [0.29, 0.717) is 33.8 Å². The maximum Gasteiger partial charge on any atom is 0.293 e. The minimum Gasteiger partial charge on any atom is -0.493 e. The van der Waals surface area contributed by atoms with E-state index in [1.807, 2.05) is 36.4 Å². The molecule has 1 aliphatic heterocycles. The lowest BCUT2D eigenvalue weighted by molar-refractivity contribution is -0.122. The summed E-state index contributed by atoms with van der Waals surface area (Å²) in [7, 11) is 3.10. The van der Waals surface area contributed by atoms with Crippen LogP contribution in [0.15, 0.2) is 51.8 Å². The molecule has 0 N–H and O–H groups in total. The first kappa shape index (κ1) is 19.5. The number of methoxy groups -OCH3 is 2. The van der Waals surface area contributed by atoms with E-state index in [-0.39, 0.29) is 11.1 Å². The summed E-state index contributed by atoms with van der Waals surface area (Å²) in [5.41, 5.74) is 1.83. The zero-order chi connectivity index (χ0) is 19.4. The maximum atomic E-state index is 12.7. The Labute approximate surface area is 170 Å². The van der Waals surface area contributed by atoms with Gasteiger partial charge in [0, 0.05) is 6.54 Å². The minimum atomic E-state index is -0.271. The predicted molar refractivity (Wildman–Crippen MR) is 110 cm³/mol. The quantitative estimate of drug-likeness (QED) is 0.598. The number of carbonyl (C=O) groups excluding carboxylic acids is 2. The summed E-state index contributed by atoms with van der Waals surface area (Å²) in [5, 5.41) is -0.248. The average molecular weight is 448 g/mol. The van der Waals surface area contributed by atoms with Crippen molar-refractivity contribution in [2.24, 2.45) is 0 Å². The summed E-state index contributed by atoms with van der Waals surface area (Å²) in [6.45, 7) is 0.363. The number of hydrogen-bond acceptors (Lipinski definition) is 5. The summed E-state index contributed by atoms with van der Waals surface area (Å²) < 4.78 is 11.3. The molecule has 0 unspecified atom stereocenters. The molecule has 1 saturated heterocycles. The fourth-order valence-electron chi connectivity index (χ4n) is 2.75. The van der Waals surface area contributed by atoms with Crippen LogP contribution in [0.2, 0.25) is 0 Å². The van der Waals surface area contributed by atoms with Crippen molar-refractivity contribution < 1.29 is 19.1 Å². The Balaban J connectivity index is 1.79. The van der Waals surface area contributed by atoms with Crippen molar-refractivity contribution in [3.8, 4) is 11.5 Å². The number of amides is 2. The summed E-state index contributed by atoms with van der Waals surface area (Å²) >= 11 is 4.39. The first-order valence-corrected chi connectivity index (χ1v) is 9.85. The Kier molecular flexibility index (Phi) is 6.23. The van der Waals surface area contributed by atoms with Crippen LogP contribution >= 0.6 is 27.7 Å². The van der Waals surface area contributed by atoms with Gasteiger partial charge in [0.05, 0.1) is 23.6 Å². The van der Waals surface area contributed by atoms with Crippen molar-refractivity contribution in [1.29, 1.82) is 0 Å². The number of rotatable bonds is 6. The molecule has 0 saturated carbocycles. The van der Waals surface area contributed by atoms with Crippen LogP contribution in [0.5, 0.6) is 11.5 Å². The van der Waals surface area contributed by atoms with E-state index in [0.717, 1.165) is 22.9 Å². The van der Waals surface area contributed by atoms with Crippen LogP contribution in [0, 0.1) is 0 Å². The minimum absolute atomic E-state index is 0.248. The highest BCUT2D eigenvalue weighted by Crippen LogP contribution is 2.38. The van der Waals surface area contributed by atoms with Gasteiger partial charge in [-0.1, -0.05) is 30.3 Å². The standard InChI is InChI=1S/C20H18BrNO4S/c1-25-16-11-14(10-15(21)18(16)26-2)12-17-19(23)22(20(24)27-17)9-8-13-6-4-3-5-7-13/h3-7,10-12H,8-9H2,1-2H3/b17-12-. The fourth-order valence-corrected chi connectivity index (χ4v) is 4.24. The molecule has 0 atom stereocenters. The molecule has 0 aromatic heterocycles. The van der Waals surface area contributed by atoms with Gasteiger partial charge in [0.1, 0.15) is 0 Å². The highest BCUT2D eigenvalue weighted by Gasteiger charge is 2.34. The third-order valence-electron chi connectivity index (χ3n) is 4.09. The number of nitrogens with zero attached hydrogens (tertiary/aromatic N) is 1. The van der Waals surface area contributed by atoms with Gasteiger partial charge >= 0.3 is 0 Å². The zero-order valence-corrected chi connectivity index (χ0v) is 17.3. The van der Waals surface area contributed by atoms with E-state index in [1.54, 1.807) is 26.4 Å². The molecule has 0 spiro atoms. The lowest BCUT2D eigenvalue weighted by Gasteiger charge is -2.12. The van der Waals surface area contributed by atoms with Crippen molar-refractivity contribution in [3.05, 3.63) is 63.0 Å². The number of thioether (sulfide) groups is 1. The Morgan fingerprint density at radius 1 is 1.11 bits per heavy atom. The molecule has 27 heavy (non-hydrogen) atoms. The van der Waals surface area contributed by atoms with Gasteiger partial charge in [0.25, 0.3) is 11.1 Å². The maximum absolute atomic E-state index is 12.7. The van der Waals surface area contributed by atoms with Gasteiger partial charge in [-0.3, -0.25) is 14.5 Å². The van der Waals surface area contributed by atoms with E-state index in [1.165, 1.54) is 4.90 Å². The first-order chi connectivity index (χ1) is 13.0. The Morgan fingerprint density at radius 3 is 2.52 bits per heavy atom. The topological polar surface area (TPSA) is 55.8 Å². The van der Waals surface area contributed by atoms with Crippen molar-refractivity contribution in [2.45, 2.75) is 6.42 Å². The molecule has 0 radical (unpaired) electrons. The van der Waals surface area contributed by atoms with Crippen LogP contribution < -0.4 is 9.47 Å². The normalized spacial score (nSPS) is 15.5. The van der Waals surface area contributed by atoms with Crippen LogP contribution in [0.3, 0.4) is 0 Å². The van der Waals surface area contributed by atoms with Crippen molar-refractivity contribution in [3.63, 3.8) is 0 Å². The molecule has 1 fully saturated rings. The first-order valence-electron chi connectivity index (χ1n) is 8.24. The summed E-state index contributed by atoms with van der Waals surface area (Å²) in [6.07, 6.45) is 2.33. The van der Waals surface area contributed by atoms with E-state index >= 15 is 0 Å². The zero-order valence-electron chi connectivity index (χ0n) is 14.9. The van der Waals surface area contributed by atoms with E-state index in [9.17, 15) is 9.59 Å². The Bertz CT molecular complexity index is 898. The fraction of sp³-hybridized carbons (Fsp3) is 0.200. The van der Waals surface area contributed by atoms with Crippen LogP contribution in [0.4, 0.5) is 4.79 Å². The molecule has 1 heterocycles. The average Bonchev–Trinajstić information content (AvgIpc) is 2.93. The second kappa shape index (κ2) is 8.63. The monoisotopic (exact) mass is 447 g/mol. The summed E-state index contributed by atoms with van der Waals surface area (Å²) in [5.74, 6) is 0.846. The number of imide groups is 1.